The van der Waals surface area contributed by atoms with Crippen LogP contribution < -0.4 is 4.72 Å². The molecule has 1 aliphatic heterocycles. The van der Waals surface area contributed by atoms with E-state index in [2.05, 4.69) is 4.72 Å². The summed E-state index contributed by atoms with van der Waals surface area (Å²) in [7, 11) is -3.59. The van der Waals surface area contributed by atoms with Crippen molar-refractivity contribution in [3.63, 3.8) is 0 Å². The van der Waals surface area contributed by atoms with Crippen molar-refractivity contribution in [2.75, 3.05) is 25.9 Å². The number of amides is 1. The van der Waals surface area contributed by atoms with E-state index in [1.165, 1.54) is 31.0 Å². The van der Waals surface area contributed by atoms with Crippen LogP contribution in [0.5, 0.6) is 0 Å². The number of thioether (sulfide) groups is 1. The Morgan fingerprint density at radius 1 is 1.15 bits per heavy atom. The first kappa shape index (κ1) is 19.7. The topological polar surface area (TPSA) is 66.5 Å². The van der Waals surface area contributed by atoms with Crippen LogP contribution in [-0.4, -0.2) is 45.1 Å². The van der Waals surface area contributed by atoms with Crippen molar-refractivity contribution in [3.8, 4) is 0 Å². The minimum absolute atomic E-state index is 0.0591. The highest BCUT2D eigenvalue weighted by atomic mass is 32.2. The molecule has 1 N–H and O–H groups in total. The molecule has 1 aliphatic carbocycles. The van der Waals surface area contributed by atoms with Gasteiger partial charge in [0, 0.05) is 24.5 Å². The number of carbonyl (C=O) groups is 1. The zero-order valence-corrected chi connectivity index (χ0v) is 17.0. The van der Waals surface area contributed by atoms with E-state index in [1.54, 1.807) is 18.2 Å². The summed E-state index contributed by atoms with van der Waals surface area (Å²) in [5.41, 5.74) is 0.500. The van der Waals surface area contributed by atoms with E-state index in [9.17, 15) is 13.2 Å². The average Bonchev–Trinajstić information content (AvgIpc) is 3.21. The Bertz CT molecular complexity index is 737. The first-order valence-electron chi connectivity index (χ1n) is 9.48. The van der Waals surface area contributed by atoms with Gasteiger partial charge in [0.2, 0.25) is 10.0 Å². The van der Waals surface area contributed by atoms with Gasteiger partial charge in [0.05, 0.1) is 10.5 Å². The molecule has 0 radical (unpaired) electrons. The second-order valence-electron chi connectivity index (χ2n) is 7.22. The van der Waals surface area contributed by atoms with E-state index in [1.807, 2.05) is 11.2 Å². The van der Waals surface area contributed by atoms with Crippen LogP contribution in [0.3, 0.4) is 0 Å². The number of rotatable bonds is 6. The van der Waals surface area contributed by atoms with E-state index in [0.29, 0.717) is 18.0 Å². The van der Waals surface area contributed by atoms with Crippen LogP contribution in [0.1, 0.15) is 55.3 Å². The second-order valence-corrected chi connectivity index (χ2v) is 9.83. The Morgan fingerprint density at radius 3 is 2.50 bits per heavy atom. The number of carbonyl (C=O) groups excluding carboxylic acids is 1. The minimum atomic E-state index is -3.59. The molecule has 1 aromatic rings. The van der Waals surface area contributed by atoms with Crippen molar-refractivity contribution < 1.29 is 13.2 Å². The van der Waals surface area contributed by atoms with Gasteiger partial charge in [-0.2, -0.15) is 0 Å². The van der Waals surface area contributed by atoms with Gasteiger partial charge in [-0.25, -0.2) is 13.1 Å². The summed E-state index contributed by atoms with van der Waals surface area (Å²) < 4.78 is 28.2. The van der Waals surface area contributed by atoms with Crippen LogP contribution in [0.2, 0.25) is 0 Å². The third kappa shape index (κ3) is 4.61. The summed E-state index contributed by atoms with van der Waals surface area (Å²) in [6.07, 6.45) is 9.74. The number of likely N-dealkylation sites (tertiary alicyclic amines) is 1. The van der Waals surface area contributed by atoms with Gasteiger partial charge in [-0.3, -0.25) is 4.79 Å². The Morgan fingerprint density at radius 2 is 1.85 bits per heavy atom. The van der Waals surface area contributed by atoms with Gasteiger partial charge in [0.25, 0.3) is 5.91 Å². The van der Waals surface area contributed by atoms with Gasteiger partial charge in [0.15, 0.2) is 0 Å². The lowest BCUT2D eigenvalue weighted by atomic mass is 9.90. The van der Waals surface area contributed by atoms with Crippen molar-refractivity contribution in [3.05, 3.63) is 23.8 Å². The van der Waals surface area contributed by atoms with Gasteiger partial charge >= 0.3 is 0 Å². The predicted octanol–water partition coefficient (Wildman–Crippen LogP) is 3.50. The maximum Gasteiger partial charge on any atom is 0.255 e. The monoisotopic (exact) mass is 396 g/mol. The number of sulfonamides is 1. The Hall–Kier alpha value is -1.05. The minimum Gasteiger partial charge on any atom is -0.339 e. The molecule has 0 aromatic heterocycles. The third-order valence-corrected chi connectivity index (χ3v) is 7.61. The van der Waals surface area contributed by atoms with Crippen molar-refractivity contribution in [2.24, 2.45) is 5.92 Å². The highest BCUT2D eigenvalue weighted by molar-refractivity contribution is 7.98. The second kappa shape index (κ2) is 8.76. The molecule has 0 unspecified atom stereocenters. The molecule has 3 rings (SSSR count). The maximum atomic E-state index is 12.8. The van der Waals surface area contributed by atoms with Crippen molar-refractivity contribution in [1.82, 2.24) is 9.62 Å². The highest BCUT2D eigenvalue weighted by Gasteiger charge is 2.25. The van der Waals surface area contributed by atoms with Crippen molar-refractivity contribution in [1.29, 1.82) is 0 Å². The molecule has 2 fully saturated rings. The first-order chi connectivity index (χ1) is 12.5. The largest absolute Gasteiger partial charge is 0.339 e. The molecule has 1 aromatic carbocycles. The zero-order valence-electron chi connectivity index (χ0n) is 15.4. The Kier molecular flexibility index (Phi) is 6.64. The fourth-order valence-corrected chi connectivity index (χ4v) is 5.53. The van der Waals surface area contributed by atoms with Crippen LogP contribution in [0.4, 0.5) is 0 Å². The molecule has 1 saturated carbocycles. The lowest BCUT2D eigenvalue weighted by Crippen LogP contribution is -2.31. The molecular formula is C19H28N2O3S2. The maximum absolute atomic E-state index is 12.8. The van der Waals surface area contributed by atoms with Crippen molar-refractivity contribution >= 4 is 27.7 Å². The van der Waals surface area contributed by atoms with E-state index >= 15 is 0 Å². The van der Waals surface area contributed by atoms with E-state index in [4.69, 9.17) is 0 Å². The predicted molar refractivity (Wildman–Crippen MR) is 105 cm³/mol. The molecule has 1 saturated heterocycles. The fourth-order valence-electron chi connectivity index (χ4n) is 3.81. The van der Waals surface area contributed by atoms with E-state index in [0.717, 1.165) is 43.7 Å². The van der Waals surface area contributed by atoms with Gasteiger partial charge in [0.1, 0.15) is 0 Å². The van der Waals surface area contributed by atoms with Crippen LogP contribution >= 0.6 is 11.8 Å². The van der Waals surface area contributed by atoms with E-state index < -0.39 is 10.0 Å². The normalized spacial score (nSPS) is 19.0. The van der Waals surface area contributed by atoms with Gasteiger partial charge < -0.3 is 4.90 Å². The van der Waals surface area contributed by atoms with Crippen LogP contribution in [0.15, 0.2) is 28.0 Å². The molecule has 0 spiro atoms. The highest BCUT2D eigenvalue weighted by Crippen LogP contribution is 2.27. The molecule has 2 aliphatic rings. The van der Waals surface area contributed by atoms with Crippen LogP contribution in [0.25, 0.3) is 0 Å². The Labute approximate surface area is 161 Å². The SMILES string of the molecule is CSc1ccc(S(=O)(=O)NCC2CCCCC2)cc1C(=O)N1CCCC1. The van der Waals surface area contributed by atoms with Crippen LogP contribution in [-0.2, 0) is 10.0 Å². The van der Waals surface area contributed by atoms with Gasteiger partial charge in [-0.05, 0) is 56.1 Å². The number of hydrogen-bond acceptors (Lipinski definition) is 4. The van der Waals surface area contributed by atoms with Gasteiger partial charge in [-0.15, -0.1) is 11.8 Å². The van der Waals surface area contributed by atoms with Gasteiger partial charge in [-0.1, -0.05) is 19.3 Å². The molecular weight excluding hydrogens is 368 g/mol. The standard InChI is InChI=1S/C19H28N2O3S2/c1-25-18-10-9-16(13-17(18)19(22)21-11-5-6-12-21)26(23,24)20-14-15-7-3-2-4-8-15/h9-10,13,15,20H,2-8,11-12,14H2,1H3. The molecule has 0 bridgehead atoms. The molecule has 0 atom stereocenters. The van der Waals surface area contributed by atoms with E-state index in [-0.39, 0.29) is 10.8 Å². The lowest BCUT2D eigenvalue weighted by Gasteiger charge is -2.22. The summed E-state index contributed by atoms with van der Waals surface area (Å²) in [5.74, 6) is 0.367. The summed E-state index contributed by atoms with van der Waals surface area (Å²) in [5, 5.41) is 0. The summed E-state index contributed by atoms with van der Waals surface area (Å²) in [4.78, 5) is 15.6. The molecule has 1 heterocycles. The quantitative estimate of drug-likeness (QED) is 0.748. The molecule has 1 amide bonds. The summed E-state index contributed by atoms with van der Waals surface area (Å²) in [6.45, 7) is 2.00. The molecule has 5 nitrogen and oxygen atoms in total. The Balaban J connectivity index is 1.77. The zero-order chi connectivity index (χ0) is 18.6. The molecule has 7 heteroatoms. The average molecular weight is 397 g/mol. The van der Waals surface area contributed by atoms with Crippen molar-refractivity contribution in [2.45, 2.75) is 54.7 Å². The van der Waals surface area contributed by atoms with Crippen LogP contribution in [0, 0.1) is 5.92 Å². The lowest BCUT2D eigenvalue weighted by molar-refractivity contribution is 0.0789. The number of nitrogens with one attached hydrogen (secondary N) is 1. The first-order valence-corrected chi connectivity index (χ1v) is 12.2. The summed E-state index contributed by atoms with van der Waals surface area (Å²) in [6, 6.07) is 4.91. The smallest absolute Gasteiger partial charge is 0.255 e. The number of benzene rings is 1. The summed E-state index contributed by atoms with van der Waals surface area (Å²) >= 11 is 1.48. The number of hydrogen-bond donors (Lipinski definition) is 1. The fraction of sp³-hybridized carbons (Fsp3) is 0.632. The molecule has 144 valence electrons. The number of nitrogens with zero attached hydrogens (tertiary/aromatic N) is 1. The third-order valence-electron chi connectivity index (χ3n) is 5.39. The molecule has 26 heavy (non-hydrogen) atoms.